The highest BCUT2D eigenvalue weighted by molar-refractivity contribution is 7.23. The topological polar surface area (TPSA) is 221 Å². The Balaban J connectivity index is 0.000000276. The molecule has 10 rings (SSSR count). The minimum atomic E-state index is -0.670. The Morgan fingerprint density at radius 1 is 0.671 bits per heavy atom. The summed E-state index contributed by atoms with van der Waals surface area (Å²) in [5.74, 6) is -0.242. The molecule has 0 fully saturated rings. The summed E-state index contributed by atoms with van der Waals surface area (Å²) in [6.45, 7) is 20.2. The molecule has 0 saturated carbocycles. The number of nitrogens with zero attached hydrogens (tertiary/aromatic N) is 8. The van der Waals surface area contributed by atoms with Crippen molar-refractivity contribution in [3.05, 3.63) is 93.7 Å². The van der Waals surface area contributed by atoms with Gasteiger partial charge in [0.2, 0.25) is 11.8 Å². The number of amides is 4. The van der Waals surface area contributed by atoms with Crippen molar-refractivity contribution in [3.8, 4) is 32.5 Å². The van der Waals surface area contributed by atoms with Gasteiger partial charge in [0.05, 0.1) is 64.6 Å². The molecule has 0 unspecified atom stereocenters. The lowest BCUT2D eigenvalue weighted by Crippen LogP contribution is -2.40. The van der Waals surface area contributed by atoms with Crippen molar-refractivity contribution in [2.24, 2.45) is 0 Å². The number of hydrogen-bond donors (Lipinski definition) is 4. The Hall–Kier alpha value is -5.77. The predicted octanol–water partition coefficient (Wildman–Crippen LogP) is 12.0. The van der Waals surface area contributed by atoms with Crippen LogP contribution in [0.3, 0.4) is 0 Å². The molecular weight excluding hydrogens is 1230 g/mol. The number of fused-ring (bicyclic) bond motifs is 4. The van der Waals surface area contributed by atoms with E-state index < -0.39 is 17.3 Å². The van der Waals surface area contributed by atoms with Crippen LogP contribution >= 0.6 is 82.6 Å². The molecule has 0 bridgehead atoms. The van der Waals surface area contributed by atoms with E-state index in [1.165, 1.54) is 26.7 Å². The molecule has 27 heteroatoms. The minimum absolute atomic E-state index is 0. The van der Waals surface area contributed by atoms with Crippen LogP contribution in [0.5, 0.6) is 0 Å². The van der Waals surface area contributed by atoms with E-state index in [0.717, 1.165) is 106 Å². The molecular formula is C58H75Cl3N12O8S4. The normalized spacial score (nSPS) is 12.9. The maximum absolute atomic E-state index is 13.5. The number of methoxy groups -OCH3 is 2. The number of rotatable bonds is 18. The zero-order valence-corrected chi connectivity index (χ0v) is 55.1. The SMILES string of the molecule is COCCN(CCC(=O)Nc1sc2c(c1-c1nc3c(-n4cnc(C)c4)cccc3s1)CCN(C(=O)OC(C)(C)C)C2)C(=O)OC(C)(C)C.COCCNCCC(=O)Nc1sc2c(c1-c1nc3c(-n4cnc(C)c4)cccc3s1)CCNC2.Cl.Cl.Cl. The van der Waals surface area contributed by atoms with Crippen LogP contribution in [0.15, 0.2) is 61.4 Å². The summed E-state index contributed by atoms with van der Waals surface area (Å²) >= 11 is 6.34. The van der Waals surface area contributed by atoms with Gasteiger partial charge in [-0.2, -0.15) is 0 Å². The van der Waals surface area contributed by atoms with Crippen molar-refractivity contribution in [1.29, 1.82) is 0 Å². The van der Waals surface area contributed by atoms with Crippen LogP contribution in [0.4, 0.5) is 19.6 Å². The number of hydrogen-bond acceptors (Lipinski definition) is 18. The van der Waals surface area contributed by atoms with E-state index in [0.29, 0.717) is 57.2 Å². The number of carbonyl (C=O) groups is 4. The summed E-state index contributed by atoms with van der Waals surface area (Å²) in [4.78, 5) is 76.5. The Morgan fingerprint density at radius 3 is 1.74 bits per heavy atom. The van der Waals surface area contributed by atoms with E-state index in [1.54, 1.807) is 80.2 Å². The first kappa shape index (κ1) is 68.3. The lowest BCUT2D eigenvalue weighted by molar-refractivity contribution is -0.117. The molecule has 460 valence electrons. The maximum Gasteiger partial charge on any atom is 0.410 e. The Labute approximate surface area is 530 Å². The number of nitrogens with one attached hydrogen (secondary N) is 4. The number of thiazole rings is 2. The van der Waals surface area contributed by atoms with Gasteiger partial charge in [-0.15, -0.1) is 82.6 Å². The summed E-state index contributed by atoms with van der Waals surface area (Å²) in [5.41, 5.74) is 8.62. The first-order valence-corrected chi connectivity index (χ1v) is 30.6. The molecule has 0 saturated heterocycles. The van der Waals surface area contributed by atoms with Crippen molar-refractivity contribution in [2.45, 2.75) is 105 Å². The fourth-order valence-electron chi connectivity index (χ4n) is 9.39. The molecule has 2 aromatic carbocycles. The molecule has 20 nitrogen and oxygen atoms in total. The second kappa shape index (κ2) is 30.2. The maximum atomic E-state index is 13.5. The number of imidazole rings is 2. The number of anilines is 2. The number of halogens is 3. The summed E-state index contributed by atoms with van der Waals surface area (Å²) in [5, 5.41) is 16.3. The molecule has 2 aliphatic heterocycles. The molecule has 0 aliphatic carbocycles. The van der Waals surface area contributed by atoms with Gasteiger partial charge >= 0.3 is 12.2 Å². The molecule has 0 radical (unpaired) electrons. The average molecular weight is 1300 g/mol. The van der Waals surface area contributed by atoms with Gasteiger partial charge in [0.1, 0.15) is 42.3 Å². The van der Waals surface area contributed by atoms with E-state index in [1.807, 2.05) is 80.7 Å². The zero-order chi connectivity index (χ0) is 58.3. The molecule has 0 spiro atoms. The van der Waals surface area contributed by atoms with Crippen molar-refractivity contribution in [2.75, 3.05) is 77.3 Å². The van der Waals surface area contributed by atoms with Crippen LogP contribution in [-0.4, -0.2) is 141 Å². The fourth-order valence-corrected chi connectivity index (χ4v) is 14.2. The number of ether oxygens (including phenoxy) is 4. The molecule has 8 heterocycles. The van der Waals surface area contributed by atoms with E-state index >= 15 is 0 Å². The van der Waals surface area contributed by atoms with Crippen LogP contribution in [0.25, 0.3) is 53.0 Å². The van der Waals surface area contributed by atoms with Crippen LogP contribution < -0.4 is 21.3 Å². The monoisotopic (exact) mass is 1300 g/mol. The molecule has 4 N–H and O–H groups in total. The summed E-state index contributed by atoms with van der Waals surface area (Å²) in [6.07, 6.45) is 8.69. The van der Waals surface area contributed by atoms with Gasteiger partial charge in [-0.3, -0.25) is 9.59 Å². The lowest BCUT2D eigenvalue weighted by Gasteiger charge is -2.30. The standard InChI is InChI=1S/C34H44N6O6S2.C24H28N6O2S2.3ClH/c1-21-18-40(20-35-21)23-10-9-11-24-28(23)37-30(47-24)27-22-12-14-39(32(43)46-34(5,6)7)19-25(22)48-29(27)36-26(41)13-15-38(16-17-44-8)31(42)45-33(2,3)4;1-15-13-30(14-27-15)17-4-3-5-18-22(17)29-24(33-18)21-16-6-8-26-12-19(16)34-23(21)28-20(31)7-9-25-10-11-32-2;;;/h9-11,18,20H,12-17,19H2,1-8H3,(H,36,41);3-5,13-14,25-26H,6-12H2,1-2H3,(H,28,31);3*1H. The van der Waals surface area contributed by atoms with Crippen LogP contribution in [0, 0.1) is 13.8 Å². The number of aromatic nitrogens is 6. The van der Waals surface area contributed by atoms with Gasteiger partial charge < -0.3 is 59.1 Å². The Bertz CT molecular complexity index is 3580. The average Bonchev–Trinajstić information content (AvgIpc) is 1.81. The van der Waals surface area contributed by atoms with E-state index in [9.17, 15) is 19.2 Å². The van der Waals surface area contributed by atoms with E-state index in [2.05, 4.69) is 49.4 Å². The zero-order valence-electron chi connectivity index (χ0n) is 49.4. The molecule has 4 amide bonds. The van der Waals surface area contributed by atoms with E-state index in [-0.39, 0.29) is 68.1 Å². The first-order valence-electron chi connectivity index (χ1n) is 27.3. The highest BCUT2D eigenvalue weighted by Gasteiger charge is 2.33. The number of thiophene rings is 2. The van der Waals surface area contributed by atoms with E-state index in [4.69, 9.17) is 28.9 Å². The Kier molecular flexibility index (Phi) is 24.3. The highest BCUT2D eigenvalue weighted by atomic mass is 35.5. The summed E-state index contributed by atoms with van der Waals surface area (Å²) < 4.78 is 27.5. The summed E-state index contributed by atoms with van der Waals surface area (Å²) in [6, 6.07) is 12.3. The third-order valence-corrected chi connectivity index (χ3v) is 17.5. The second-order valence-electron chi connectivity index (χ2n) is 21.9. The molecule has 6 aromatic heterocycles. The highest BCUT2D eigenvalue weighted by Crippen LogP contribution is 2.48. The lowest BCUT2D eigenvalue weighted by atomic mass is 10.0. The summed E-state index contributed by atoms with van der Waals surface area (Å²) in [7, 11) is 3.23. The van der Waals surface area contributed by atoms with Gasteiger partial charge in [-0.1, -0.05) is 12.1 Å². The molecule has 85 heavy (non-hydrogen) atoms. The predicted molar refractivity (Wildman–Crippen MR) is 348 cm³/mol. The first-order chi connectivity index (χ1) is 39.2. The number of carbonyl (C=O) groups excluding carboxylic acids is 4. The van der Waals surface area contributed by atoms with Crippen molar-refractivity contribution >= 4 is 137 Å². The van der Waals surface area contributed by atoms with Gasteiger partial charge in [-0.25, -0.2) is 29.5 Å². The van der Waals surface area contributed by atoms with Crippen molar-refractivity contribution in [3.63, 3.8) is 0 Å². The van der Waals surface area contributed by atoms with Gasteiger partial charge in [0.25, 0.3) is 0 Å². The minimum Gasteiger partial charge on any atom is -0.444 e. The van der Waals surface area contributed by atoms with Crippen LogP contribution in [0.1, 0.15) is 86.7 Å². The molecule has 0 atom stereocenters. The number of para-hydroxylation sites is 2. The van der Waals surface area contributed by atoms with Crippen LogP contribution in [0.2, 0.25) is 0 Å². The smallest absolute Gasteiger partial charge is 0.410 e. The van der Waals surface area contributed by atoms with Crippen molar-refractivity contribution < 1.29 is 38.1 Å². The Morgan fingerprint density at radius 2 is 1.21 bits per heavy atom. The van der Waals surface area contributed by atoms with Crippen LogP contribution in [-0.2, 0) is 54.5 Å². The van der Waals surface area contributed by atoms with Crippen molar-refractivity contribution in [1.82, 2.24) is 49.5 Å². The number of benzene rings is 2. The second-order valence-corrected chi connectivity index (χ2v) is 26.2. The van der Waals surface area contributed by atoms with Gasteiger partial charge in [0.15, 0.2) is 0 Å². The van der Waals surface area contributed by atoms with Gasteiger partial charge in [0, 0.05) is 99.6 Å². The number of aryl methyl sites for hydroxylation is 2. The quantitative estimate of drug-likeness (QED) is 0.0587. The largest absolute Gasteiger partial charge is 0.444 e. The third-order valence-electron chi connectivity index (χ3n) is 13.2. The van der Waals surface area contributed by atoms with Gasteiger partial charge in [-0.05, 0) is 110 Å². The molecule has 2 aliphatic rings. The third kappa shape index (κ3) is 17.3. The fraction of sp³-hybridized carbons (Fsp3) is 0.448. The molecule has 8 aromatic rings.